The molecule has 5 nitrogen and oxygen atoms in total. The van der Waals surface area contributed by atoms with Crippen LogP contribution in [0.1, 0.15) is 56.6 Å². The van der Waals surface area contributed by atoms with Gasteiger partial charge in [0.1, 0.15) is 22.9 Å². The summed E-state index contributed by atoms with van der Waals surface area (Å²) in [6.07, 6.45) is 2.02. The van der Waals surface area contributed by atoms with Crippen molar-refractivity contribution in [3.63, 3.8) is 0 Å². The van der Waals surface area contributed by atoms with Gasteiger partial charge in [-0.15, -0.1) is 0 Å². The fraction of sp³-hybridized carbons (Fsp3) is 0.423. The van der Waals surface area contributed by atoms with E-state index >= 15 is 4.39 Å². The number of halogens is 1. The molecule has 1 unspecified atom stereocenters. The number of aryl methyl sites for hydroxylation is 1. The Balaban J connectivity index is 1.77. The molecule has 1 saturated carbocycles. The Bertz CT molecular complexity index is 954. The van der Waals surface area contributed by atoms with Gasteiger partial charge >= 0.3 is 5.97 Å². The zero-order chi connectivity index (χ0) is 23.3. The van der Waals surface area contributed by atoms with Crippen LogP contribution in [0.25, 0.3) is 0 Å². The maximum absolute atomic E-state index is 15.0. The maximum atomic E-state index is 15.0. The largest absolute Gasteiger partial charge is 0.507 e. The predicted molar refractivity (Wildman–Crippen MR) is 120 cm³/mol. The second kappa shape index (κ2) is 10.2. The number of para-hydroxylation sites is 2. The Morgan fingerprint density at radius 2 is 1.88 bits per heavy atom. The van der Waals surface area contributed by atoms with Crippen LogP contribution in [0.15, 0.2) is 60.4 Å². The minimum atomic E-state index is -0.936. The van der Waals surface area contributed by atoms with Gasteiger partial charge in [0.05, 0.1) is 6.10 Å². The number of carboxylic acids is 1. The van der Waals surface area contributed by atoms with E-state index in [1.165, 1.54) is 6.08 Å². The van der Waals surface area contributed by atoms with Crippen molar-refractivity contribution in [2.24, 2.45) is 5.92 Å². The zero-order valence-corrected chi connectivity index (χ0v) is 18.5. The molecule has 0 aliphatic heterocycles. The predicted octanol–water partition coefficient (Wildman–Crippen LogP) is 5.37. The number of carbonyl (C=O) groups is 1. The highest BCUT2D eigenvalue weighted by molar-refractivity contribution is 5.67. The third-order valence-corrected chi connectivity index (χ3v) is 5.95. The van der Waals surface area contributed by atoms with Crippen molar-refractivity contribution in [1.82, 2.24) is 0 Å². The molecule has 0 radical (unpaired) electrons. The Morgan fingerprint density at radius 1 is 1.16 bits per heavy atom. The van der Waals surface area contributed by atoms with Crippen LogP contribution in [0.2, 0.25) is 0 Å². The van der Waals surface area contributed by atoms with Gasteiger partial charge in [-0.1, -0.05) is 36.4 Å². The number of ether oxygens (including phenoxy) is 1. The molecule has 0 saturated heterocycles. The summed E-state index contributed by atoms with van der Waals surface area (Å²) >= 11 is 0. The SMILES string of the molecule is CC(C)(C/C(F)=C/C1[C@H](O)CC[C@@H]1c1cccc(CCC(=O)O)c1O)Oc1ccccc1. The first-order valence-corrected chi connectivity index (χ1v) is 11.0. The smallest absolute Gasteiger partial charge is 0.303 e. The Kier molecular flexibility index (Phi) is 7.56. The average Bonchev–Trinajstić information content (AvgIpc) is 3.07. The maximum Gasteiger partial charge on any atom is 0.303 e. The molecule has 3 rings (SSSR count). The molecule has 3 N–H and O–H groups in total. The van der Waals surface area contributed by atoms with Gasteiger partial charge < -0.3 is 20.1 Å². The molecule has 32 heavy (non-hydrogen) atoms. The van der Waals surface area contributed by atoms with E-state index < -0.39 is 23.6 Å². The van der Waals surface area contributed by atoms with Gasteiger partial charge in [-0.25, -0.2) is 4.39 Å². The van der Waals surface area contributed by atoms with Crippen LogP contribution >= 0.6 is 0 Å². The number of aliphatic carboxylic acids is 1. The molecule has 0 spiro atoms. The topological polar surface area (TPSA) is 87.0 Å². The number of benzene rings is 2. The van der Waals surface area contributed by atoms with E-state index in [0.717, 1.165) is 0 Å². The van der Waals surface area contributed by atoms with Crippen molar-refractivity contribution in [3.05, 3.63) is 71.6 Å². The van der Waals surface area contributed by atoms with Gasteiger partial charge in [-0.05, 0) is 68.4 Å². The average molecular weight is 443 g/mol. The lowest BCUT2D eigenvalue weighted by atomic mass is 9.85. The highest BCUT2D eigenvalue weighted by Crippen LogP contribution is 2.45. The van der Waals surface area contributed by atoms with Crippen LogP contribution in [0, 0.1) is 5.92 Å². The number of aliphatic hydroxyl groups is 1. The number of rotatable bonds is 9. The van der Waals surface area contributed by atoms with E-state index in [9.17, 15) is 15.0 Å². The summed E-state index contributed by atoms with van der Waals surface area (Å²) in [6, 6.07) is 14.5. The van der Waals surface area contributed by atoms with E-state index in [-0.39, 0.29) is 36.8 Å². The molecule has 1 aliphatic rings. The number of carboxylic acid groups (broad SMARTS) is 1. The number of aliphatic hydroxyl groups excluding tert-OH is 1. The molecule has 1 fully saturated rings. The summed E-state index contributed by atoms with van der Waals surface area (Å²) in [5.74, 6) is -1.34. The van der Waals surface area contributed by atoms with E-state index in [0.29, 0.717) is 29.7 Å². The van der Waals surface area contributed by atoms with Crippen LogP contribution in [0.4, 0.5) is 4.39 Å². The molecule has 172 valence electrons. The van der Waals surface area contributed by atoms with Gasteiger partial charge in [0, 0.05) is 18.8 Å². The van der Waals surface area contributed by atoms with Crippen molar-refractivity contribution in [2.45, 2.75) is 63.6 Å². The van der Waals surface area contributed by atoms with E-state index in [2.05, 4.69) is 0 Å². The molecular formula is C26H31FO5. The summed E-state index contributed by atoms with van der Waals surface area (Å²) in [5.41, 5.74) is 0.394. The minimum absolute atomic E-state index is 0.0411. The molecule has 0 amide bonds. The molecule has 0 aromatic heterocycles. The highest BCUT2D eigenvalue weighted by Gasteiger charge is 2.37. The van der Waals surface area contributed by atoms with Crippen molar-refractivity contribution >= 4 is 5.97 Å². The Morgan fingerprint density at radius 3 is 2.56 bits per heavy atom. The second-order valence-electron chi connectivity index (χ2n) is 9.04. The van der Waals surface area contributed by atoms with Crippen molar-refractivity contribution < 1.29 is 29.2 Å². The molecule has 0 heterocycles. The van der Waals surface area contributed by atoms with E-state index in [1.54, 1.807) is 18.2 Å². The first-order chi connectivity index (χ1) is 15.2. The lowest BCUT2D eigenvalue weighted by molar-refractivity contribution is -0.136. The van der Waals surface area contributed by atoms with Crippen molar-refractivity contribution in [3.8, 4) is 11.5 Å². The third-order valence-electron chi connectivity index (χ3n) is 5.95. The van der Waals surface area contributed by atoms with Crippen LogP contribution in [0.5, 0.6) is 11.5 Å². The van der Waals surface area contributed by atoms with Gasteiger partial charge in [0.2, 0.25) is 0 Å². The van der Waals surface area contributed by atoms with Crippen LogP contribution in [0.3, 0.4) is 0 Å². The summed E-state index contributed by atoms with van der Waals surface area (Å²) in [6.45, 7) is 3.63. The number of aromatic hydroxyl groups is 1. The molecular weight excluding hydrogens is 411 g/mol. The zero-order valence-electron chi connectivity index (χ0n) is 18.5. The number of hydrogen-bond donors (Lipinski definition) is 3. The fourth-order valence-electron chi connectivity index (χ4n) is 4.47. The Labute approximate surface area is 188 Å². The number of hydrogen-bond acceptors (Lipinski definition) is 4. The normalized spacial score (nSPS) is 21.5. The summed E-state index contributed by atoms with van der Waals surface area (Å²) in [5, 5.41) is 30.2. The van der Waals surface area contributed by atoms with Crippen LogP contribution in [-0.2, 0) is 11.2 Å². The first kappa shape index (κ1) is 23.8. The van der Waals surface area contributed by atoms with Crippen LogP contribution in [-0.4, -0.2) is 33.0 Å². The van der Waals surface area contributed by atoms with Gasteiger partial charge in [-0.3, -0.25) is 4.79 Å². The standard InChI is InChI=1S/C26H31FO5/c1-26(2,32-19-8-4-3-5-9-19)16-18(27)15-22-20(12-13-23(22)28)21-10-6-7-17(25(21)31)11-14-24(29)30/h3-10,15,20,22-23,28,31H,11-14,16H2,1-2H3,(H,29,30)/b18-15-/t20-,22?,23-/m1/s1. The number of phenolic OH excluding ortho intramolecular Hbond substituents is 1. The molecule has 0 bridgehead atoms. The number of phenols is 1. The summed E-state index contributed by atoms with van der Waals surface area (Å²) in [4.78, 5) is 10.9. The molecule has 2 aromatic carbocycles. The second-order valence-corrected chi connectivity index (χ2v) is 9.04. The monoisotopic (exact) mass is 442 g/mol. The van der Waals surface area contributed by atoms with Crippen molar-refractivity contribution in [1.29, 1.82) is 0 Å². The third kappa shape index (κ3) is 6.10. The summed E-state index contributed by atoms with van der Waals surface area (Å²) < 4.78 is 21.0. The lowest BCUT2D eigenvalue weighted by Gasteiger charge is -2.27. The quantitative estimate of drug-likeness (QED) is 0.486. The lowest BCUT2D eigenvalue weighted by Crippen LogP contribution is -2.28. The van der Waals surface area contributed by atoms with Gasteiger partial charge in [-0.2, -0.15) is 0 Å². The van der Waals surface area contributed by atoms with Gasteiger partial charge in [0.15, 0.2) is 0 Å². The van der Waals surface area contributed by atoms with E-state index in [4.69, 9.17) is 9.84 Å². The van der Waals surface area contributed by atoms with Crippen LogP contribution < -0.4 is 4.74 Å². The highest BCUT2D eigenvalue weighted by atomic mass is 19.1. The van der Waals surface area contributed by atoms with E-state index in [1.807, 2.05) is 44.2 Å². The molecule has 3 atom stereocenters. The molecule has 1 aliphatic carbocycles. The first-order valence-electron chi connectivity index (χ1n) is 11.0. The minimum Gasteiger partial charge on any atom is -0.507 e. The van der Waals surface area contributed by atoms with Gasteiger partial charge in [0.25, 0.3) is 0 Å². The Hall–Kier alpha value is -2.86. The summed E-state index contributed by atoms with van der Waals surface area (Å²) in [7, 11) is 0. The molecule has 2 aromatic rings. The van der Waals surface area contributed by atoms with Crippen molar-refractivity contribution in [2.75, 3.05) is 0 Å². The molecule has 6 heteroatoms. The fourth-order valence-corrected chi connectivity index (χ4v) is 4.47.